The zero-order valence-electron chi connectivity index (χ0n) is 12.8. The number of nitrogens with zero attached hydrogens (tertiary/aromatic N) is 2. The smallest absolute Gasteiger partial charge is 0.315 e. The van der Waals surface area contributed by atoms with Crippen LogP contribution in [0.1, 0.15) is 35.3 Å². The highest BCUT2D eigenvalue weighted by molar-refractivity contribution is 6.30. The van der Waals surface area contributed by atoms with E-state index in [1.165, 1.54) is 5.56 Å². The van der Waals surface area contributed by atoms with Crippen molar-refractivity contribution in [3.8, 4) is 0 Å². The van der Waals surface area contributed by atoms with Gasteiger partial charge in [-0.15, -0.1) is 0 Å². The maximum atomic E-state index is 12.0. The lowest BCUT2D eigenvalue weighted by atomic mass is 10.1. The van der Waals surface area contributed by atoms with Crippen molar-refractivity contribution in [1.82, 2.24) is 20.4 Å². The van der Waals surface area contributed by atoms with Crippen molar-refractivity contribution < 1.29 is 9.90 Å². The summed E-state index contributed by atoms with van der Waals surface area (Å²) in [5, 5.41) is 20.4. The fourth-order valence-electron chi connectivity index (χ4n) is 2.86. The zero-order valence-corrected chi connectivity index (χ0v) is 13.5. The summed E-state index contributed by atoms with van der Waals surface area (Å²) in [6.45, 7) is 0.137. The maximum absolute atomic E-state index is 12.0. The Morgan fingerprint density at radius 1 is 1.57 bits per heavy atom. The molecule has 1 aromatic heterocycles. The van der Waals surface area contributed by atoms with Crippen LogP contribution in [-0.4, -0.2) is 27.5 Å². The number of carbonyl (C=O) groups is 1. The summed E-state index contributed by atoms with van der Waals surface area (Å²) in [7, 11) is 1.78. The molecule has 23 heavy (non-hydrogen) atoms. The first-order valence-electron chi connectivity index (χ1n) is 7.52. The predicted octanol–water partition coefficient (Wildman–Crippen LogP) is 2.09. The molecule has 3 rings (SSSR count). The van der Waals surface area contributed by atoms with Gasteiger partial charge in [0.1, 0.15) is 0 Å². The van der Waals surface area contributed by atoms with Crippen molar-refractivity contribution in [2.24, 2.45) is 7.05 Å². The lowest BCUT2D eigenvalue weighted by Crippen LogP contribution is -2.39. The molecule has 122 valence electrons. The minimum atomic E-state index is -0.774. The number of hydrogen-bond donors (Lipinski definition) is 3. The highest BCUT2D eigenvalue weighted by Gasteiger charge is 2.24. The molecule has 0 radical (unpaired) electrons. The molecule has 2 amide bonds. The summed E-state index contributed by atoms with van der Waals surface area (Å²) in [5.74, 6) is 0. The normalized spacial score (nSPS) is 17.6. The van der Waals surface area contributed by atoms with E-state index in [9.17, 15) is 9.90 Å². The van der Waals surface area contributed by atoms with Gasteiger partial charge in [-0.25, -0.2) is 4.79 Å². The molecular weight excluding hydrogens is 316 g/mol. The number of urea groups is 1. The first-order chi connectivity index (χ1) is 11.0. The van der Waals surface area contributed by atoms with Crippen LogP contribution in [0.3, 0.4) is 0 Å². The van der Waals surface area contributed by atoms with Gasteiger partial charge in [-0.3, -0.25) is 4.68 Å². The van der Waals surface area contributed by atoms with Gasteiger partial charge in [-0.2, -0.15) is 5.10 Å². The van der Waals surface area contributed by atoms with Gasteiger partial charge in [-0.1, -0.05) is 17.7 Å². The average Bonchev–Trinajstić information content (AvgIpc) is 3.11. The molecule has 0 saturated heterocycles. The van der Waals surface area contributed by atoms with E-state index >= 15 is 0 Å². The van der Waals surface area contributed by atoms with E-state index in [4.69, 9.17) is 11.6 Å². The third-order valence-electron chi connectivity index (χ3n) is 4.05. The molecule has 1 heterocycles. The molecule has 2 unspecified atom stereocenters. The van der Waals surface area contributed by atoms with Gasteiger partial charge < -0.3 is 15.7 Å². The van der Waals surface area contributed by atoms with E-state index in [1.54, 1.807) is 24.1 Å². The van der Waals surface area contributed by atoms with Crippen LogP contribution >= 0.6 is 11.6 Å². The Kier molecular flexibility index (Phi) is 4.54. The minimum absolute atomic E-state index is 0.0159. The Hall–Kier alpha value is -2.05. The average molecular weight is 335 g/mol. The number of hydrogen-bond acceptors (Lipinski definition) is 3. The standard InChI is InChI=1S/C16H19ClN4O2/c1-21-9-11(7-19-21)15(22)8-18-16(23)20-14-5-2-10-6-12(17)3-4-13(10)14/h3-4,6-7,9,14-15,22H,2,5,8H2,1H3,(H2,18,20,23). The molecule has 0 bridgehead atoms. The van der Waals surface area contributed by atoms with Crippen molar-refractivity contribution in [3.63, 3.8) is 0 Å². The number of benzene rings is 1. The van der Waals surface area contributed by atoms with E-state index in [1.807, 2.05) is 18.2 Å². The van der Waals surface area contributed by atoms with Gasteiger partial charge >= 0.3 is 6.03 Å². The SMILES string of the molecule is Cn1cc(C(O)CNC(=O)NC2CCc3cc(Cl)ccc32)cn1. The molecule has 7 heteroatoms. The fraction of sp³-hybridized carbons (Fsp3) is 0.375. The van der Waals surface area contributed by atoms with Gasteiger partial charge in [0.05, 0.1) is 18.3 Å². The topological polar surface area (TPSA) is 79.2 Å². The minimum Gasteiger partial charge on any atom is -0.386 e. The molecule has 2 atom stereocenters. The van der Waals surface area contributed by atoms with Crippen LogP contribution in [-0.2, 0) is 13.5 Å². The fourth-order valence-corrected chi connectivity index (χ4v) is 3.06. The van der Waals surface area contributed by atoms with Gasteiger partial charge in [0, 0.05) is 30.4 Å². The van der Waals surface area contributed by atoms with Crippen LogP contribution in [0.15, 0.2) is 30.6 Å². The number of rotatable bonds is 4. The number of aliphatic hydroxyl groups excluding tert-OH is 1. The zero-order chi connectivity index (χ0) is 16.4. The Labute approximate surface area is 139 Å². The first kappa shape index (κ1) is 15.8. The van der Waals surface area contributed by atoms with Crippen LogP contribution < -0.4 is 10.6 Å². The Morgan fingerprint density at radius 2 is 2.39 bits per heavy atom. The first-order valence-corrected chi connectivity index (χ1v) is 7.90. The molecule has 1 aliphatic carbocycles. The van der Waals surface area contributed by atoms with Gasteiger partial charge in [-0.05, 0) is 36.1 Å². The highest BCUT2D eigenvalue weighted by atomic mass is 35.5. The summed E-state index contributed by atoms with van der Waals surface area (Å²) in [6, 6.07) is 5.44. The molecule has 3 N–H and O–H groups in total. The largest absolute Gasteiger partial charge is 0.386 e. The molecule has 0 spiro atoms. The van der Waals surface area contributed by atoms with Crippen molar-refractivity contribution >= 4 is 17.6 Å². The number of amides is 2. The van der Waals surface area contributed by atoms with Gasteiger partial charge in [0.15, 0.2) is 0 Å². The van der Waals surface area contributed by atoms with Crippen molar-refractivity contribution in [1.29, 1.82) is 0 Å². The Bertz CT molecular complexity index is 716. The number of aryl methyl sites for hydroxylation is 2. The monoisotopic (exact) mass is 334 g/mol. The summed E-state index contributed by atoms with van der Waals surface area (Å²) >= 11 is 5.99. The highest BCUT2D eigenvalue weighted by Crippen LogP contribution is 2.32. The Balaban J connectivity index is 1.53. The van der Waals surface area contributed by atoms with E-state index in [0.717, 1.165) is 18.4 Å². The van der Waals surface area contributed by atoms with Crippen LogP contribution in [0.2, 0.25) is 5.02 Å². The second kappa shape index (κ2) is 6.60. The number of aromatic nitrogens is 2. The molecule has 2 aromatic rings. The number of fused-ring (bicyclic) bond motifs is 1. The number of carbonyl (C=O) groups excluding carboxylic acids is 1. The summed E-state index contributed by atoms with van der Waals surface area (Å²) < 4.78 is 1.61. The van der Waals surface area contributed by atoms with Crippen molar-refractivity contribution in [2.45, 2.75) is 25.0 Å². The maximum Gasteiger partial charge on any atom is 0.315 e. The summed E-state index contributed by atoms with van der Waals surface area (Å²) in [4.78, 5) is 12.0. The summed E-state index contributed by atoms with van der Waals surface area (Å²) in [6.07, 6.45) is 4.29. The van der Waals surface area contributed by atoms with E-state index in [2.05, 4.69) is 15.7 Å². The lowest BCUT2D eigenvalue weighted by Gasteiger charge is -2.16. The summed E-state index contributed by atoms with van der Waals surface area (Å²) in [5.41, 5.74) is 2.96. The predicted molar refractivity (Wildman–Crippen MR) is 87.2 cm³/mol. The lowest BCUT2D eigenvalue weighted by molar-refractivity contribution is 0.172. The van der Waals surface area contributed by atoms with E-state index < -0.39 is 6.10 Å². The van der Waals surface area contributed by atoms with Crippen molar-refractivity contribution in [2.75, 3.05) is 6.54 Å². The second-order valence-electron chi connectivity index (χ2n) is 5.75. The molecule has 1 aromatic carbocycles. The van der Waals surface area contributed by atoms with Crippen molar-refractivity contribution in [3.05, 3.63) is 52.3 Å². The van der Waals surface area contributed by atoms with Crippen LogP contribution in [0.5, 0.6) is 0 Å². The quantitative estimate of drug-likeness (QED) is 0.801. The number of nitrogens with one attached hydrogen (secondary N) is 2. The number of halogens is 1. The van der Waals surface area contributed by atoms with Crippen LogP contribution in [0, 0.1) is 0 Å². The third kappa shape index (κ3) is 3.65. The van der Waals surface area contributed by atoms with E-state index in [-0.39, 0.29) is 18.6 Å². The molecule has 0 fully saturated rings. The molecule has 0 saturated carbocycles. The molecule has 1 aliphatic rings. The third-order valence-corrected chi connectivity index (χ3v) is 4.29. The van der Waals surface area contributed by atoms with Gasteiger partial charge in [0.25, 0.3) is 0 Å². The molecule has 0 aliphatic heterocycles. The molecule has 6 nitrogen and oxygen atoms in total. The molecular formula is C16H19ClN4O2. The number of aliphatic hydroxyl groups is 1. The Morgan fingerprint density at radius 3 is 3.13 bits per heavy atom. The second-order valence-corrected chi connectivity index (χ2v) is 6.19. The van der Waals surface area contributed by atoms with Crippen LogP contribution in [0.25, 0.3) is 0 Å². The van der Waals surface area contributed by atoms with Gasteiger partial charge in [0.2, 0.25) is 0 Å². The van der Waals surface area contributed by atoms with E-state index in [0.29, 0.717) is 10.6 Å². The van der Waals surface area contributed by atoms with Crippen LogP contribution in [0.4, 0.5) is 4.79 Å².